The van der Waals surface area contributed by atoms with Crippen molar-refractivity contribution in [3.63, 3.8) is 0 Å². The molecule has 0 aliphatic heterocycles. The molecule has 0 saturated carbocycles. The fraction of sp³-hybridized carbons (Fsp3) is 0.154. The predicted molar refractivity (Wildman–Crippen MR) is 70.1 cm³/mol. The maximum absolute atomic E-state index is 11.1. The predicted octanol–water partition coefficient (Wildman–Crippen LogP) is 1.67. The number of nitrogens with zero attached hydrogens (tertiary/aromatic N) is 2. The molecule has 0 aliphatic carbocycles. The zero-order valence-electron chi connectivity index (χ0n) is 10.1. The Labute approximate surface area is 105 Å². The van der Waals surface area contributed by atoms with Crippen LogP contribution in [0.4, 0.5) is 5.82 Å². The Bertz CT molecular complexity index is 568. The number of aromatic nitrogens is 2. The Hall–Kier alpha value is -2.43. The number of hydrogen-bond acceptors (Lipinski definition) is 4. The third-order valence-electron chi connectivity index (χ3n) is 2.48. The van der Waals surface area contributed by atoms with E-state index in [1.165, 1.54) is 0 Å². The number of rotatable bonds is 4. The van der Waals surface area contributed by atoms with E-state index in [1.54, 1.807) is 18.5 Å². The Morgan fingerprint density at radius 3 is 2.89 bits per heavy atom. The van der Waals surface area contributed by atoms with Gasteiger partial charge in [0.1, 0.15) is 11.5 Å². The van der Waals surface area contributed by atoms with Crippen molar-refractivity contribution in [1.82, 2.24) is 9.97 Å². The lowest BCUT2D eigenvalue weighted by Crippen LogP contribution is -2.12. The molecule has 0 aromatic carbocycles. The SMILES string of the molecule is CCNc1ncccc1-c1ccnc(C(N)=O)c1. The number of anilines is 1. The van der Waals surface area contributed by atoms with E-state index in [9.17, 15) is 4.79 Å². The summed E-state index contributed by atoms with van der Waals surface area (Å²) in [5, 5.41) is 3.18. The van der Waals surface area contributed by atoms with E-state index in [4.69, 9.17) is 5.73 Å². The van der Waals surface area contributed by atoms with Crippen molar-refractivity contribution >= 4 is 11.7 Å². The molecule has 0 spiro atoms. The molecule has 5 nitrogen and oxygen atoms in total. The van der Waals surface area contributed by atoms with Gasteiger partial charge < -0.3 is 11.1 Å². The molecule has 2 aromatic heterocycles. The quantitative estimate of drug-likeness (QED) is 0.854. The van der Waals surface area contributed by atoms with Crippen LogP contribution in [0.15, 0.2) is 36.7 Å². The second kappa shape index (κ2) is 5.27. The van der Waals surface area contributed by atoms with Crippen LogP contribution in [0.5, 0.6) is 0 Å². The fourth-order valence-electron chi connectivity index (χ4n) is 1.68. The Balaban J connectivity index is 2.48. The standard InChI is InChI=1S/C13H14N4O/c1-2-15-13-10(4-3-6-17-13)9-5-7-16-11(8-9)12(14)18/h3-8H,2H2,1H3,(H2,14,18)(H,15,17). The van der Waals surface area contributed by atoms with Crippen molar-refractivity contribution in [3.05, 3.63) is 42.4 Å². The number of carbonyl (C=O) groups is 1. The highest BCUT2D eigenvalue weighted by molar-refractivity contribution is 5.92. The van der Waals surface area contributed by atoms with E-state index in [0.29, 0.717) is 0 Å². The lowest BCUT2D eigenvalue weighted by Gasteiger charge is -2.09. The van der Waals surface area contributed by atoms with Gasteiger partial charge in [-0.1, -0.05) is 0 Å². The zero-order chi connectivity index (χ0) is 13.0. The van der Waals surface area contributed by atoms with Gasteiger partial charge in [0.25, 0.3) is 5.91 Å². The van der Waals surface area contributed by atoms with Gasteiger partial charge in [0, 0.05) is 24.5 Å². The van der Waals surface area contributed by atoms with E-state index in [0.717, 1.165) is 23.5 Å². The van der Waals surface area contributed by atoms with Gasteiger partial charge in [-0.25, -0.2) is 4.98 Å². The monoisotopic (exact) mass is 242 g/mol. The van der Waals surface area contributed by atoms with Crippen LogP contribution in [0, 0.1) is 0 Å². The van der Waals surface area contributed by atoms with E-state index < -0.39 is 5.91 Å². The summed E-state index contributed by atoms with van der Waals surface area (Å²) in [6.45, 7) is 2.78. The molecule has 0 atom stereocenters. The molecule has 18 heavy (non-hydrogen) atoms. The van der Waals surface area contributed by atoms with Gasteiger partial charge in [0.2, 0.25) is 0 Å². The van der Waals surface area contributed by atoms with Crippen LogP contribution in [0.1, 0.15) is 17.4 Å². The number of nitrogens with one attached hydrogen (secondary N) is 1. The molecule has 5 heteroatoms. The third-order valence-corrected chi connectivity index (χ3v) is 2.48. The number of amides is 1. The molecule has 92 valence electrons. The van der Waals surface area contributed by atoms with Crippen molar-refractivity contribution in [2.24, 2.45) is 5.73 Å². The van der Waals surface area contributed by atoms with E-state index in [1.807, 2.05) is 25.1 Å². The molecule has 2 rings (SSSR count). The Kier molecular flexibility index (Phi) is 3.52. The molecule has 1 amide bonds. The Morgan fingerprint density at radius 2 is 2.17 bits per heavy atom. The molecule has 2 heterocycles. The first-order chi connectivity index (χ1) is 8.72. The topological polar surface area (TPSA) is 80.9 Å². The lowest BCUT2D eigenvalue weighted by atomic mass is 10.1. The number of primary amides is 1. The number of carbonyl (C=O) groups excluding carboxylic acids is 1. The first-order valence-corrected chi connectivity index (χ1v) is 5.67. The summed E-state index contributed by atoms with van der Waals surface area (Å²) < 4.78 is 0. The van der Waals surface area contributed by atoms with Gasteiger partial charge in [-0.05, 0) is 36.8 Å². The molecule has 0 radical (unpaired) electrons. The first kappa shape index (κ1) is 12.0. The minimum absolute atomic E-state index is 0.249. The minimum Gasteiger partial charge on any atom is -0.370 e. The van der Waals surface area contributed by atoms with Crippen LogP contribution >= 0.6 is 0 Å². The van der Waals surface area contributed by atoms with Crippen molar-refractivity contribution < 1.29 is 4.79 Å². The molecular formula is C13H14N4O. The van der Waals surface area contributed by atoms with Crippen molar-refractivity contribution in [3.8, 4) is 11.1 Å². The molecule has 0 fully saturated rings. The van der Waals surface area contributed by atoms with Crippen molar-refractivity contribution in [1.29, 1.82) is 0 Å². The first-order valence-electron chi connectivity index (χ1n) is 5.67. The van der Waals surface area contributed by atoms with Crippen LogP contribution in [-0.4, -0.2) is 22.4 Å². The molecule has 0 saturated heterocycles. The fourth-order valence-corrected chi connectivity index (χ4v) is 1.68. The van der Waals surface area contributed by atoms with Crippen molar-refractivity contribution in [2.75, 3.05) is 11.9 Å². The summed E-state index contributed by atoms with van der Waals surface area (Å²) in [5.41, 5.74) is 7.26. The van der Waals surface area contributed by atoms with E-state index in [-0.39, 0.29) is 5.69 Å². The summed E-state index contributed by atoms with van der Waals surface area (Å²) in [6, 6.07) is 7.27. The highest BCUT2D eigenvalue weighted by Crippen LogP contribution is 2.25. The number of nitrogens with two attached hydrogens (primary N) is 1. The summed E-state index contributed by atoms with van der Waals surface area (Å²) in [4.78, 5) is 19.3. The highest BCUT2D eigenvalue weighted by atomic mass is 16.1. The second-order valence-corrected chi connectivity index (χ2v) is 3.72. The van der Waals surface area contributed by atoms with Gasteiger partial charge in [0.05, 0.1) is 0 Å². The molecule has 0 aliphatic rings. The zero-order valence-corrected chi connectivity index (χ0v) is 10.1. The maximum atomic E-state index is 11.1. The lowest BCUT2D eigenvalue weighted by molar-refractivity contribution is 0.0995. The summed E-state index contributed by atoms with van der Waals surface area (Å²) in [6.07, 6.45) is 3.29. The average molecular weight is 242 g/mol. The summed E-state index contributed by atoms with van der Waals surface area (Å²) >= 11 is 0. The largest absolute Gasteiger partial charge is 0.370 e. The van der Waals surface area contributed by atoms with Crippen molar-refractivity contribution in [2.45, 2.75) is 6.92 Å². The number of hydrogen-bond donors (Lipinski definition) is 2. The molecule has 2 aromatic rings. The molecule has 3 N–H and O–H groups in total. The molecule has 0 bridgehead atoms. The van der Waals surface area contributed by atoms with E-state index >= 15 is 0 Å². The van der Waals surface area contributed by atoms with Gasteiger partial charge in [-0.2, -0.15) is 0 Å². The summed E-state index contributed by atoms with van der Waals surface area (Å²) in [7, 11) is 0. The number of pyridine rings is 2. The smallest absolute Gasteiger partial charge is 0.267 e. The second-order valence-electron chi connectivity index (χ2n) is 3.72. The molecular weight excluding hydrogens is 228 g/mol. The maximum Gasteiger partial charge on any atom is 0.267 e. The minimum atomic E-state index is -0.536. The summed E-state index contributed by atoms with van der Waals surface area (Å²) in [5.74, 6) is 0.243. The van der Waals surface area contributed by atoms with Gasteiger partial charge in [-0.3, -0.25) is 9.78 Å². The average Bonchev–Trinajstić information content (AvgIpc) is 2.40. The highest BCUT2D eigenvalue weighted by Gasteiger charge is 2.08. The van der Waals surface area contributed by atoms with Gasteiger partial charge in [0.15, 0.2) is 0 Å². The van der Waals surface area contributed by atoms with Gasteiger partial charge >= 0.3 is 0 Å². The van der Waals surface area contributed by atoms with Gasteiger partial charge in [-0.15, -0.1) is 0 Å². The normalized spacial score (nSPS) is 10.1. The Morgan fingerprint density at radius 1 is 1.33 bits per heavy atom. The van der Waals surface area contributed by atoms with Crippen LogP contribution < -0.4 is 11.1 Å². The van der Waals surface area contributed by atoms with E-state index in [2.05, 4.69) is 15.3 Å². The third kappa shape index (κ3) is 2.45. The van der Waals surface area contributed by atoms with Crippen LogP contribution in [0.3, 0.4) is 0 Å². The van der Waals surface area contributed by atoms with Crippen LogP contribution in [-0.2, 0) is 0 Å². The molecule has 0 unspecified atom stereocenters. The van der Waals surface area contributed by atoms with Crippen LogP contribution in [0.2, 0.25) is 0 Å². The van der Waals surface area contributed by atoms with Crippen LogP contribution in [0.25, 0.3) is 11.1 Å².